The van der Waals surface area contributed by atoms with Gasteiger partial charge in [0.05, 0.1) is 5.54 Å². The van der Waals surface area contributed by atoms with Crippen LogP contribution in [-0.4, -0.2) is 32.7 Å². The van der Waals surface area contributed by atoms with E-state index in [0.717, 1.165) is 0 Å². The van der Waals surface area contributed by atoms with Gasteiger partial charge in [-0.1, -0.05) is 0 Å². The lowest BCUT2D eigenvalue weighted by Gasteiger charge is -2.27. The molecule has 0 aromatic carbocycles. The van der Waals surface area contributed by atoms with E-state index in [9.17, 15) is 9.59 Å². The van der Waals surface area contributed by atoms with Crippen LogP contribution < -0.4 is 5.32 Å². The maximum absolute atomic E-state index is 11.8. The molecule has 1 rings (SSSR count). The van der Waals surface area contributed by atoms with E-state index in [1.165, 1.54) is 12.3 Å². The fourth-order valence-electron chi connectivity index (χ4n) is 1.39. The van der Waals surface area contributed by atoms with Gasteiger partial charge in [-0.05, 0) is 40.7 Å². The number of hydrogen-bond acceptors (Lipinski definition) is 5. The Morgan fingerprint density at radius 1 is 1.25 bits per heavy atom. The summed E-state index contributed by atoms with van der Waals surface area (Å²) in [6.45, 7) is 8.58. The molecule has 20 heavy (non-hydrogen) atoms. The number of aromatic nitrogens is 2. The van der Waals surface area contributed by atoms with Gasteiger partial charge in [0.15, 0.2) is 11.5 Å². The molecule has 0 aliphatic carbocycles. The number of carbonyl (C=O) groups excluding carboxylic acids is 1. The van der Waals surface area contributed by atoms with Crippen molar-refractivity contribution in [3.8, 4) is 0 Å². The average Bonchev–Trinajstić information content (AvgIpc) is 2.25. The lowest BCUT2D eigenvalue weighted by atomic mass is 10.0. The summed E-state index contributed by atoms with van der Waals surface area (Å²) in [6, 6.07) is 1.29. The zero-order valence-corrected chi connectivity index (χ0v) is 12.2. The van der Waals surface area contributed by atoms with Crippen LogP contribution in [0.2, 0.25) is 0 Å². The van der Waals surface area contributed by atoms with Crippen molar-refractivity contribution in [1.29, 1.82) is 0 Å². The Labute approximate surface area is 117 Å². The van der Waals surface area contributed by atoms with Gasteiger partial charge in [-0.2, -0.15) is 0 Å². The van der Waals surface area contributed by atoms with Crippen molar-refractivity contribution in [3.05, 3.63) is 23.8 Å². The molecule has 0 spiro atoms. The van der Waals surface area contributed by atoms with Crippen LogP contribution in [0.4, 0.5) is 4.79 Å². The highest BCUT2D eigenvalue weighted by Crippen LogP contribution is 2.17. The van der Waals surface area contributed by atoms with Gasteiger partial charge in [0.2, 0.25) is 0 Å². The molecule has 0 unspecified atom stereocenters. The minimum atomic E-state index is -1.15. The van der Waals surface area contributed by atoms with Gasteiger partial charge in [-0.3, -0.25) is 0 Å². The molecule has 1 aromatic heterocycles. The number of ether oxygens (including phenoxy) is 1. The number of carbonyl (C=O) groups is 2. The maximum atomic E-state index is 11.8. The fraction of sp³-hybridized carbons (Fsp3) is 0.538. The molecule has 7 heteroatoms. The van der Waals surface area contributed by atoms with Crippen molar-refractivity contribution >= 4 is 12.1 Å². The van der Waals surface area contributed by atoms with E-state index in [4.69, 9.17) is 9.84 Å². The topological polar surface area (TPSA) is 101 Å². The Balaban J connectivity index is 2.90. The molecular formula is C13H19N3O4. The molecule has 0 saturated carbocycles. The minimum absolute atomic E-state index is 0.130. The van der Waals surface area contributed by atoms with Gasteiger partial charge in [-0.25, -0.2) is 19.6 Å². The third-order valence-corrected chi connectivity index (χ3v) is 2.25. The SMILES string of the molecule is CC(C)(C)OC(=O)NC(C)(C)c1nccc(C(=O)O)n1. The molecule has 7 nitrogen and oxygen atoms in total. The number of nitrogens with one attached hydrogen (secondary N) is 1. The van der Waals surface area contributed by atoms with Crippen LogP contribution in [0.5, 0.6) is 0 Å². The third-order valence-electron chi connectivity index (χ3n) is 2.25. The first-order valence-electron chi connectivity index (χ1n) is 6.09. The zero-order chi connectivity index (χ0) is 15.6. The first kappa shape index (κ1) is 15.9. The fourth-order valence-corrected chi connectivity index (χ4v) is 1.39. The van der Waals surface area contributed by atoms with Crippen molar-refractivity contribution in [2.75, 3.05) is 0 Å². The molecule has 1 amide bonds. The summed E-state index contributed by atoms with van der Waals surface area (Å²) in [6.07, 6.45) is 0.719. The number of hydrogen-bond donors (Lipinski definition) is 2. The van der Waals surface area contributed by atoms with Crippen molar-refractivity contribution in [1.82, 2.24) is 15.3 Å². The van der Waals surface area contributed by atoms with Crippen LogP contribution in [0, 0.1) is 0 Å². The predicted octanol–water partition coefficient (Wildman–Crippen LogP) is 1.93. The minimum Gasteiger partial charge on any atom is -0.477 e. The van der Waals surface area contributed by atoms with E-state index in [0.29, 0.717) is 0 Å². The molecule has 0 bridgehead atoms. The highest BCUT2D eigenvalue weighted by molar-refractivity contribution is 5.85. The normalized spacial score (nSPS) is 11.8. The lowest BCUT2D eigenvalue weighted by Crippen LogP contribution is -2.45. The van der Waals surface area contributed by atoms with Crippen molar-refractivity contribution in [3.63, 3.8) is 0 Å². The third kappa shape index (κ3) is 4.49. The molecule has 110 valence electrons. The quantitative estimate of drug-likeness (QED) is 0.877. The van der Waals surface area contributed by atoms with E-state index in [-0.39, 0.29) is 11.5 Å². The van der Waals surface area contributed by atoms with Gasteiger partial charge in [-0.15, -0.1) is 0 Å². The smallest absolute Gasteiger partial charge is 0.408 e. The largest absolute Gasteiger partial charge is 0.477 e. The number of amides is 1. The van der Waals surface area contributed by atoms with Crippen LogP contribution >= 0.6 is 0 Å². The van der Waals surface area contributed by atoms with Gasteiger partial charge in [0.25, 0.3) is 0 Å². The summed E-state index contributed by atoms with van der Waals surface area (Å²) >= 11 is 0. The van der Waals surface area contributed by atoms with E-state index in [2.05, 4.69) is 15.3 Å². The summed E-state index contributed by atoms with van der Waals surface area (Å²) in [5.41, 5.74) is -1.70. The Kier molecular flexibility index (Phi) is 4.32. The van der Waals surface area contributed by atoms with Crippen molar-refractivity contribution < 1.29 is 19.4 Å². The highest BCUT2D eigenvalue weighted by atomic mass is 16.6. The van der Waals surface area contributed by atoms with Gasteiger partial charge in [0.1, 0.15) is 5.60 Å². The Morgan fingerprint density at radius 2 is 1.85 bits per heavy atom. The second-order valence-corrected chi connectivity index (χ2v) is 5.82. The number of alkyl carbamates (subject to hydrolysis) is 1. The molecule has 2 N–H and O–H groups in total. The molecule has 0 radical (unpaired) electrons. The highest BCUT2D eigenvalue weighted by Gasteiger charge is 2.29. The molecule has 1 heterocycles. The van der Waals surface area contributed by atoms with E-state index in [1.807, 2.05) is 0 Å². The van der Waals surface area contributed by atoms with Crippen LogP contribution in [0.15, 0.2) is 12.3 Å². The molecule has 0 fully saturated rings. The standard InChI is InChI=1S/C13H19N3O4/c1-12(2,3)20-11(19)16-13(4,5)10-14-7-6-8(15-10)9(17)18/h6-7H,1-5H3,(H,16,19)(H,17,18). The number of rotatable bonds is 3. The number of carboxylic acids is 1. The number of nitrogens with zero attached hydrogens (tertiary/aromatic N) is 2. The van der Waals surface area contributed by atoms with E-state index in [1.54, 1.807) is 34.6 Å². The number of aromatic carboxylic acids is 1. The van der Waals surface area contributed by atoms with E-state index < -0.39 is 23.2 Å². The summed E-state index contributed by atoms with van der Waals surface area (Å²) < 4.78 is 5.15. The van der Waals surface area contributed by atoms with Crippen molar-refractivity contribution in [2.24, 2.45) is 0 Å². The van der Waals surface area contributed by atoms with Crippen LogP contribution in [0.3, 0.4) is 0 Å². The molecule has 0 atom stereocenters. The van der Waals surface area contributed by atoms with Crippen LogP contribution in [0.1, 0.15) is 50.9 Å². The second-order valence-electron chi connectivity index (χ2n) is 5.82. The molecule has 0 aliphatic heterocycles. The Bertz CT molecular complexity index is 521. The van der Waals surface area contributed by atoms with Crippen molar-refractivity contribution in [2.45, 2.75) is 45.8 Å². The first-order valence-corrected chi connectivity index (χ1v) is 6.09. The monoisotopic (exact) mass is 281 g/mol. The van der Waals surface area contributed by atoms with E-state index >= 15 is 0 Å². The summed E-state index contributed by atoms with van der Waals surface area (Å²) in [5, 5.41) is 11.5. The lowest BCUT2D eigenvalue weighted by molar-refractivity contribution is 0.0466. The van der Waals surface area contributed by atoms with Gasteiger partial charge < -0.3 is 15.2 Å². The van der Waals surface area contributed by atoms with Crippen LogP contribution in [-0.2, 0) is 10.3 Å². The Morgan fingerprint density at radius 3 is 2.35 bits per heavy atom. The predicted molar refractivity (Wildman–Crippen MR) is 71.4 cm³/mol. The number of carboxylic acid groups (broad SMARTS) is 1. The van der Waals surface area contributed by atoms with Crippen LogP contribution in [0.25, 0.3) is 0 Å². The summed E-state index contributed by atoms with van der Waals surface area (Å²) in [7, 11) is 0. The molecule has 0 saturated heterocycles. The molecule has 1 aromatic rings. The summed E-state index contributed by atoms with van der Waals surface area (Å²) in [5.74, 6) is -0.954. The molecular weight excluding hydrogens is 262 g/mol. The van der Waals surface area contributed by atoms with Gasteiger partial charge in [0, 0.05) is 6.20 Å². The summed E-state index contributed by atoms with van der Waals surface area (Å²) in [4.78, 5) is 30.6. The molecule has 0 aliphatic rings. The average molecular weight is 281 g/mol. The second kappa shape index (κ2) is 5.44. The Hall–Kier alpha value is -2.18. The van der Waals surface area contributed by atoms with Gasteiger partial charge >= 0.3 is 12.1 Å². The first-order chi connectivity index (χ1) is 9.01. The zero-order valence-electron chi connectivity index (χ0n) is 12.2. The maximum Gasteiger partial charge on any atom is 0.408 e.